The van der Waals surface area contributed by atoms with Gasteiger partial charge in [0.15, 0.2) is 0 Å². The molecule has 0 bridgehead atoms. The Balaban J connectivity index is 1.50. The van der Waals surface area contributed by atoms with Gasteiger partial charge >= 0.3 is 0 Å². The first-order chi connectivity index (χ1) is 9.33. The monoisotopic (exact) mass is 263 g/mol. The molecule has 0 unspecified atom stereocenters. The smallest absolute Gasteiger partial charge is 0.119 e. The molecule has 0 saturated carbocycles. The van der Waals surface area contributed by atoms with Crippen LogP contribution >= 0.6 is 0 Å². The lowest BCUT2D eigenvalue weighted by Gasteiger charge is -2.26. The van der Waals surface area contributed by atoms with E-state index in [0.717, 1.165) is 57.0 Å². The quantitative estimate of drug-likeness (QED) is 0.891. The highest BCUT2D eigenvalue weighted by Crippen LogP contribution is 2.33. The van der Waals surface area contributed by atoms with E-state index in [1.54, 1.807) is 0 Å². The normalized spacial score (nSPS) is 23.3. The highest BCUT2D eigenvalue weighted by atomic mass is 16.5. The van der Waals surface area contributed by atoms with Gasteiger partial charge in [-0.2, -0.15) is 0 Å². The molecule has 4 heteroatoms. The number of hydrogen-bond donors (Lipinski definition) is 1. The fourth-order valence-corrected chi connectivity index (χ4v) is 2.78. The largest absolute Gasteiger partial charge is 0.492 e. The Morgan fingerprint density at radius 2 is 2.16 bits per heavy atom. The summed E-state index contributed by atoms with van der Waals surface area (Å²) < 4.78 is 11.1. The van der Waals surface area contributed by atoms with E-state index in [4.69, 9.17) is 9.47 Å². The summed E-state index contributed by atoms with van der Waals surface area (Å²) in [5.74, 6) is 0.918. The van der Waals surface area contributed by atoms with Crippen molar-refractivity contribution in [3.63, 3.8) is 0 Å². The van der Waals surface area contributed by atoms with Crippen LogP contribution in [0.5, 0.6) is 5.75 Å². The van der Waals surface area contributed by atoms with Crippen molar-refractivity contribution in [2.75, 3.05) is 39.5 Å². The van der Waals surface area contributed by atoms with Crippen LogP contribution in [0, 0.1) is 0 Å². The summed E-state index contributed by atoms with van der Waals surface area (Å²) in [6, 6.07) is 6.04. The van der Waals surface area contributed by atoms with Crippen molar-refractivity contribution in [1.29, 1.82) is 0 Å². The highest BCUT2D eigenvalue weighted by molar-refractivity contribution is 5.39. The summed E-state index contributed by atoms with van der Waals surface area (Å²) in [6.07, 6.45) is 1.52. The third-order valence-corrected chi connectivity index (χ3v) is 3.94. The molecule has 0 amide bonds. The molecule has 0 spiro atoms. The third kappa shape index (κ3) is 3.08. The third-order valence-electron chi connectivity index (χ3n) is 3.94. The maximum absolute atomic E-state index is 9.76. The Hall–Kier alpha value is -1.10. The van der Waals surface area contributed by atoms with E-state index in [0.29, 0.717) is 6.61 Å². The topological polar surface area (TPSA) is 41.9 Å². The Bertz CT molecular complexity index is 429. The van der Waals surface area contributed by atoms with Crippen molar-refractivity contribution < 1.29 is 14.6 Å². The van der Waals surface area contributed by atoms with Gasteiger partial charge in [-0.05, 0) is 36.1 Å². The molecule has 0 radical (unpaired) electrons. The number of fused-ring (bicyclic) bond motifs is 1. The van der Waals surface area contributed by atoms with E-state index in [2.05, 4.69) is 11.0 Å². The van der Waals surface area contributed by atoms with E-state index in [1.807, 2.05) is 12.1 Å². The van der Waals surface area contributed by atoms with Crippen LogP contribution in [0.15, 0.2) is 18.2 Å². The molecule has 19 heavy (non-hydrogen) atoms. The molecular formula is C15H21NO3. The number of aliphatic hydroxyl groups is 1. The summed E-state index contributed by atoms with van der Waals surface area (Å²) in [5.41, 5.74) is 2.30. The molecule has 1 fully saturated rings. The van der Waals surface area contributed by atoms with Gasteiger partial charge < -0.3 is 14.6 Å². The standard InChI is InChI=1S/C15H21NO3/c17-15-4-1-12-11-13(2-3-14(12)15)19-10-7-16-5-8-18-9-6-16/h2-3,11,15,17H,1,4-10H2/t15-/m1/s1. The number of benzene rings is 1. The molecule has 1 aliphatic heterocycles. The first-order valence-corrected chi connectivity index (χ1v) is 7.07. The van der Waals surface area contributed by atoms with Gasteiger partial charge in [-0.1, -0.05) is 6.07 Å². The predicted octanol–water partition coefficient (Wildman–Crippen LogP) is 1.38. The Morgan fingerprint density at radius 3 is 3.00 bits per heavy atom. The van der Waals surface area contributed by atoms with E-state index in [9.17, 15) is 5.11 Å². The summed E-state index contributed by atoms with van der Waals surface area (Å²) in [5, 5.41) is 9.76. The van der Waals surface area contributed by atoms with Gasteiger partial charge in [-0.25, -0.2) is 0 Å². The second-order valence-electron chi connectivity index (χ2n) is 5.22. The van der Waals surface area contributed by atoms with Gasteiger partial charge in [0, 0.05) is 19.6 Å². The zero-order chi connectivity index (χ0) is 13.1. The van der Waals surface area contributed by atoms with E-state index >= 15 is 0 Å². The number of aliphatic hydroxyl groups excluding tert-OH is 1. The molecule has 3 rings (SSSR count). The van der Waals surface area contributed by atoms with Crippen molar-refractivity contribution in [2.45, 2.75) is 18.9 Å². The minimum absolute atomic E-state index is 0.280. The molecule has 104 valence electrons. The summed E-state index contributed by atoms with van der Waals surface area (Å²) in [6.45, 7) is 5.32. The van der Waals surface area contributed by atoms with Crippen LogP contribution in [0.2, 0.25) is 0 Å². The minimum Gasteiger partial charge on any atom is -0.492 e. The van der Waals surface area contributed by atoms with Crippen molar-refractivity contribution in [3.8, 4) is 5.75 Å². The molecule has 1 aromatic carbocycles. The van der Waals surface area contributed by atoms with Crippen molar-refractivity contribution >= 4 is 0 Å². The number of aryl methyl sites for hydroxylation is 1. The van der Waals surface area contributed by atoms with E-state index in [-0.39, 0.29) is 6.10 Å². The molecular weight excluding hydrogens is 242 g/mol. The first kappa shape index (κ1) is 12.9. The van der Waals surface area contributed by atoms with Crippen LogP contribution in [0.3, 0.4) is 0 Å². The maximum atomic E-state index is 9.76. The summed E-state index contributed by atoms with van der Waals surface area (Å²) in [4.78, 5) is 2.36. The van der Waals surface area contributed by atoms with E-state index in [1.165, 1.54) is 5.56 Å². The van der Waals surface area contributed by atoms with Crippen molar-refractivity contribution in [1.82, 2.24) is 4.90 Å². The molecule has 1 aromatic rings. The summed E-state index contributed by atoms with van der Waals surface area (Å²) in [7, 11) is 0. The van der Waals surface area contributed by atoms with Crippen LogP contribution in [0.4, 0.5) is 0 Å². The van der Waals surface area contributed by atoms with Gasteiger partial charge in [-0.15, -0.1) is 0 Å². The van der Waals surface area contributed by atoms with Crippen LogP contribution in [0.1, 0.15) is 23.7 Å². The van der Waals surface area contributed by atoms with Gasteiger partial charge in [0.05, 0.1) is 19.3 Å². The lowest BCUT2D eigenvalue weighted by Crippen LogP contribution is -2.38. The number of morpholine rings is 1. The van der Waals surface area contributed by atoms with Crippen molar-refractivity contribution in [3.05, 3.63) is 29.3 Å². The second-order valence-corrected chi connectivity index (χ2v) is 5.22. The van der Waals surface area contributed by atoms with Gasteiger partial charge in [-0.3, -0.25) is 4.90 Å². The fraction of sp³-hybridized carbons (Fsp3) is 0.600. The second kappa shape index (κ2) is 5.90. The summed E-state index contributed by atoms with van der Waals surface area (Å²) >= 11 is 0. The fourth-order valence-electron chi connectivity index (χ4n) is 2.78. The van der Waals surface area contributed by atoms with Crippen LogP contribution < -0.4 is 4.74 Å². The number of ether oxygens (including phenoxy) is 2. The van der Waals surface area contributed by atoms with Gasteiger partial charge in [0.25, 0.3) is 0 Å². The Labute approximate surface area is 113 Å². The molecule has 1 N–H and O–H groups in total. The predicted molar refractivity (Wildman–Crippen MR) is 72.5 cm³/mol. The minimum atomic E-state index is -0.280. The number of nitrogens with zero attached hydrogens (tertiary/aromatic N) is 1. The molecule has 1 saturated heterocycles. The van der Waals surface area contributed by atoms with Crippen molar-refractivity contribution in [2.24, 2.45) is 0 Å². The molecule has 1 aliphatic carbocycles. The highest BCUT2D eigenvalue weighted by Gasteiger charge is 2.20. The zero-order valence-electron chi connectivity index (χ0n) is 11.2. The van der Waals surface area contributed by atoms with Crippen LogP contribution in [0.25, 0.3) is 0 Å². The van der Waals surface area contributed by atoms with E-state index < -0.39 is 0 Å². The number of hydrogen-bond acceptors (Lipinski definition) is 4. The molecule has 0 aromatic heterocycles. The van der Waals surface area contributed by atoms with Crippen LogP contribution in [-0.2, 0) is 11.2 Å². The average Bonchev–Trinajstić information content (AvgIpc) is 2.81. The SMILES string of the molecule is O[C@@H]1CCc2cc(OCCN3CCOCC3)ccc21. The first-order valence-electron chi connectivity index (χ1n) is 7.07. The number of rotatable bonds is 4. The molecule has 1 atom stereocenters. The zero-order valence-corrected chi connectivity index (χ0v) is 11.2. The average molecular weight is 263 g/mol. The van der Waals surface area contributed by atoms with Gasteiger partial charge in [0.1, 0.15) is 12.4 Å². The lowest BCUT2D eigenvalue weighted by molar-refractivity contribution is 0.0322. The lowest BCUT2D eigenvalue weighted by atomic mass is 10.1. The molecule has 2 aliphatic rings. The Kier molecular flexibility index (Phi) is 4.01. The molecule has 4 nitrogen and oxygen atoms in total. The van der Waals surface area contributed by atoms with Crippen LogP contribution in [-0.4, -0.2) is 49.5 Å². The van der Waals surface area contributed by atoms with Gasteiger partial charge in [0.2, 0.25) is 0 Å². The Morgan fingerprint density at radius 1 is 1.32 bits per heavy atom. The maximum Gasteiger partial charge on any atom is 0.119 e. The molecule has 1 heterocycles.